The maximum absolute atomic E-state index is 13.9. The minimum absolute atomic E-state index is 0.101. The van der Waals surface area contributed by atoms with Crippen LogP contribution in [-0.2, 0) is 13.1 Å². The highest BCUT2D eigenvalue weighted by Crippen LogP contribution is 2.19. The van der Waals surface area contributed by atoms with Crippen LogP contribution in [0.1, 0.15) is 29.9 Å². The van der Waals surface area contributed by atoms with Gasteiger partial charge in [-0.05, 0) is 44.8 Å². The maximum Gasteiger partial charge on any atom is 0.193 e. The highest BCUT2D eigenvalue weighted by atomic mass is 19.1. The minimum Gasteiger partial charge on any atom is -0.361 e. The lowest BCUT2D eigenvalue weighted by Gasteiger charge is -2.37. The van der Waals surface area contributed by atoms with Crippen molar-refractivity contribution in [2.75, 3.05) is 52.9 Å². The molecule has 1 N–H and O–H groups in total. The second kappa shape index (κ2) is 10.9. The number of piperidine rings is 1. The van der Waals surface area contributed by atoms with Gasteiger partial charge in [-0.2, -0.15) is 0 Å². The molecule has 0 saturated carbocycles. The molecule has 2 aromatic rings. The normalized spacial score (nSPS) is 19.5. The molecule has 2 aliphatic heterocycles. The topological polar surface area (TPSA) is 60.1 Å². The summed E-state index contributed by atoms with van der Waals surface area (Å²) in [6.45, 7) is 10.3. The maximum atomic E-state index is 13.9. The molecule has 32 heavy (non-hydrogen) atoms. The van der Waals surface area contributed by atoms with E-state index >= 15 is 0 Å². The molecular weight excluding hydrogens is 407 g/mol. The molecular formula is C24H35FN6O. The van der Waals surface area contributed by atoms with Crippen molar-refractivity contribution < 1.29 is 8.91 Å². The van der Waals surface area contributed by atoms with Gasteiger partial charge in [0.05, 0.1) is 5.69 Å². The number of hydrogen-bond donors (Lipinski definition) is 1. The molecule has 1 aromatic heterocycles. The summed E-state index contributed by atoms with van der Waals surface area (Å²) in [5.41, 5.74) is 1.79. The van der Waals surface area contributed by atoms with E-state index in [2.05, 4.69) is 30.2 Å². The number of aromatic nitrogens is 1. The van der Waals surface area contributed by atoms with Crippen molar-refractivity contribution in [2.24, 2.45) is 10.9 Å². The molecule has 0 radical (unpaired) electrons. The van der Waals surface area contributed by atoms with Crippen molar-refractivity contribution in [2.45, 2.75) is 32.9 Å². The third-order valence-corrected chi connectivity index (χ3v) is 6.55. The van der Waals surface area contributed by atoms with Gasteiger partial charge in [0.25, 0.3) is 0 Å². The summed E-state index contributed by atoms with van der Waals surface area (Å²) >= 11 is 0. The summed E-state index contributed by atoms with van der Waals surface area (Å²) in [4.78, 5) is 11.6. The quantitative estimate of drug-likeness (QED) is 0.548. The molecule has 0 bridgehead atoms. The SMILES string of the molecule is CN=C(NCC1CCN(Cc2ccccc2F)CC1)N1CCN(Cc2cc(C)on2)CC1. The molecule has 0 spiro atoms. The number of likely N-dealkylation sites (tertiary alicyclic amines) is 1. The Labute approximate surface area is 190 Å². The third kappa shape index (κ3) is 6.07. The molecule has 2 aliphatic rings. The number of aryl methyl sites for hydroxylation is 1. The zero-order valence-corrected chi connectivity index (χ0v) is 19.3. The van der Waals surface area contributed by atoms with Crippen LogP contribution in [0.3, 0.4) is 0 Å². The Bertz CT molecular complexity index is 884. The standard InChI is InChI=1S/C24H35FN6O/c1-19-15-22(28-32-19)18-30-11-13-31(14-12-30)24(26-2)27-16-20-7-9-29(10-8-20)17-21-5-3-4-6-23(21)25/h3-6,15,20H,7-14,16-18H2,1-2H3,(H,26,27). The molecule has 1 aromatic carbocycles. The molecule has 2 fully saturated rings. The van der Waals surface area contributed by atoms with Gasteiger partial charge in [0, 0.05) is 64.5 Å². The monoisotopic (exact) mass is 442 g/mol. The van der Waals surface area contributed by atoms with Crippen LogP contribution in [0.4, 0.5) is 4.39 Å². The summed E-state index contributed by atoms with van der Waals surface area (Å²) in [6.07, 6.45) is 2.26. The van der Waals surface area contributed by atoms with Crippen molar-refractivity contribution in [1.29, 1.82) is 0 Å². The predicted molar refractivity (Wildman–Crippen MR) is 124 cm³/mol. The fourth-order valence-corrected chi connectivity index (χ4v) is 4.62. The van der Waals surface area contributed by atoms with E-state index in [0.717, 1.165) is 88.2 Å². The van der Waals surface area contributed by atoms with Gasteiger partial charge in [0.1, 0.15) is 11.6 Å². The van der Waals surface area contributed by atoms with Gasteiger partial charge in [-0.25, -0.2) is 4.39 Å². The summed E-state index contributed by atoms with van der Waals surface area (Å²) in [5.74, 6) is 2.38. The highest BCUT2D eigenvalue weighted by molar-refractivity contribution is 5.80. The van der Waals surface area contributed by atoms with E-state index in [1.54, 1.807) is 12.1 Å². The van der Waals surface area contributed by atoms with Crippen molar-refractivity contribution in [3.8, 4) is 0 Å². The van der Waals surface area contributed by atoms with Crippen molar-refractivity contribution >= 4 is 5.96 Å². The number of halogens is 1. The summed E-state index contributed by atoms with van der Waals surface area (Å²) in [6, 6.07) is 9.11. The van der Waals surface area contributed by atoms with Crippen LogP contribution >= 0.6 is 0 Å². The van der Waals surface area contributed by atoms with Crippen molar-refractivity contribution in [3.63, 3.8) is 0 Å². The lowest BCUT2D eigenvalue weighted by molar-refractivity contribution is 0.164. The minimum atomic E-state index is -0.101. The summed E-state index contributed by atoms with van der Waals surface area (Å²) in [7, 11) is 1.86. The van der Waals surface area contributed by atoms with E-state index in [-0.39, 0.29) is 5.82 Å². The van der Waals surface area contributed by atoms with E-state index < -0.39 is 0 Å². The van der Waals surface area contributed by atoms with E-state index in [9.17, 15) is 4.39 Å². The van der Waals surface area contributed by atoms with Gasteiger partial charge >= 0.3 is 0 Å². The van der Waals surface area contributed by atoms with Gasteiger partial charge in [-0.1, -0.05) is 23.4 Å². The Morgan fingerprint density at radius 1 is 1.09 bits per heavy atom. The van der Waals surface area contributed by atoms with Crippen LogP contribution in [-0.4, -0.2) is 78.7 Å². The molecule has 174 valence electrons. The van der Waals surface area contributed by atoms with Crippen LogP contribution in [0.2, 0.25) is 0 Å². The number of piperazine rings is 1. The fraction of sp³-hybridized carbons (Fsp3) is 0.583. The molecule has 4 rings (SSSR count). The zero-order chi connectivity index (χ0) is 22.3. The number of rotatable bonds is 6. The van der Waals surface area contributed by atoms with Crippen molar-refractivity contribution in [1.82, 2.24) is 25.2 Å². The van der Waals surface area contributed by atoms with Crippen molar-refractivity contribution in [3.05, 3.63) is 53.2 Å². The fourth-order valence-electron chi connectivity index (χ4n) is 4.62. The van der Waals surface area contributed by atoms with E-state index in [4.69, 9.17) is 4.52 Å². The van der Waals surface area contributed by atoms with Gasteiger partial charge < -0.3 is 14.7 Å². The molecule has 3 heterocycles. The number of hydrogen-bond acceptors (Lipinski definition) is 5. The first-order chi connectivity index (χ1) is 15.6. The molecule has 0 amide bonds. The van der Waals surface area contributed by atoms with E-state index in [0.29, 0.717) is 12.5 Å². The third-order valence-electron chi connectivity index (χ3n) is 6.55. The number of nitrogens with zero attached hydrogens (tertiary/aromatic N) is 5. The Kier molecular flexibility index (Phi) is 7.76. The first kappa shape index (κ1) is 22.7. The second-order valence-electron chi connectivity index (χ2n) is 8.93. The van der Waals surface area contributed by atoms with Gasteiger partial charge in [0.2, 0.25) is 0 Å². The lowest BCUT2D eigenvalue weighted by atomic mass is 9.96. The van der Waals surface area contributed by atoms with Gasteiger partial charge in [0.15, 0.2) is 5.96 Å². The molecule has 8 heteroatoms. The number of nitrogens with one attached hydrogen (secondary N) is 1. The Morgan fingerprint density at radius 2 is 1.81 bits per heavy atom. The second-order valence-corrected chi connectivity index (χ2v) is 8.93. The van der Waals surface area contributed by atoms with Crippen LogP contribution in [0.15, 0.2) is 39.8 Å². The van der Waals surface area contributed by atoms with Gasteiger partial charge in [-0.15, -0.1) is 0 Å². The number of guanidine groups is 1. The first-order valence-electron chi connectivity index (χ1n) is 11.7. The van der Waals surface area contributed by atoms with E-state index in [1.165, 1.54) is 0 Å². The Balaban J connectivity index is 1.16. The molecule has 0 unspecified atom stereocenters. The largest absolute Gasteiger partial charge is 0.361 e. The van der Waals surface area contributed by atoms with Crippen LogP contribution in [0.5, 0.6) is 0 Å². The predicted octanol–water partition coefficient (Wildman–Crippen LogP) is 2.73. The number of benzene rings is 1. The van der Waals surface area contributed by atoms with E-state index in [1.807, 2.05) is 32.2 Å². The number of aliphatic imine (C=N–C) groups is 1. The molecule has 0 atom stereocenters. The van der Waals surface area contributed by atoms with Crippen LogP contribution in [0, 0.1) is 18.7 Å². The highest BCUT2D eigenvalue weighted by Gasteiger charge is 2.23. The van der Waals surface area contributed by atoms with Gasteiger partial charge in [-0.3, -0.25) is 14.8 Å². The molecule has 0 aliphatic carbocycles. The Morgan fingerprint density at radius 3 is 2.47 bits per heavy atom. The Hall–Kier alpha value is -2.45. The van der Waals surface area contributed by atoms with Crippen LogP contribution < -0.4 is 5.32 Å². The lowest BCUT2D eigenvalue weighted by Crippen LogP contribution is -2.53. The molecule has 7 nitrogen and oxygen atoms in total. The zero-order valence-electron chi connectivity index (χ0n) is 19.3. The smallest absolute Gasteiger partial charge is 0.193 e. The summed E-state index contributed by atoms with van der Waals surface area (Å²) in [5, 5.41) is 7.71. The first-order valence-corrected chi connectivity index (χ1v) is 11.7. The summed E-state index contributed by atoms with van der Waals surface area (Å²) < 4.78 is 19.1. The average Bonchev–Trinajstić information content (AvgIpc) is 3.22. The van der Waals surface area contributed by atoms with Crippen LogP contribution in [0.25, 0.3) is 0 Å². The molecule has 2 saturated heterocycles. The average molecular weight is 443 g/mol.